The number of aryl methyl sites for hydroxylation is 1. The number of nitrogens with zero attached hydrogens (tertiary/aromatic N) is 1. The predicted octanol–water partition coefficient (Wildman–Crippen LogP) is 1.65. The van der Waals surface area contributed by atoms with Gasteiger partial charge in [-0.15, -0.1) is 0 Å². The first-order chi connectivity index (χ1) is 10.6. The molecule has 2 heterocycles. The quantitative estimate of drug-likeness (QED) is 0.667. The molecule has 1 aromatic carbocycles. The summed E-state index contributed by atoms with van der Waals surface area (Å²) in [5.41, 5.74) is 8.86. The topological polar surface area (TPSA) is 96.9 Å². The van der Waals surface area contributed by atoms with Crippen LogP contribution in [0.5, 0.6) is 0 Å². The summed E-state index contributed by atoms with van der Waals surface area (Å²) in [6.45, 7) is 2.12. The number of hydrogen-bond acceptors (Lipinski definition) is 4. The summed E-state index contributed by atoms with van der Waals surface area (Å²) in [6, 6.07) is 9.13. The van der Waals surface area contributed by atoms with Gasteiger partial charge < -0.3 is 20.6 Å². The number of benzene rings is 1. The van der Waals surface area contributed by atoms with Crippen molar-refractivity contribution in [3.63, 3.8) is 0 Å². The van der Waals surface area contributed by atoms with Crippen LogP contribution in [0.15, 0.2) is 41.1 Å². The second-order valence-corrected chi connectivity index (χ2v) is 5.32. The Hall–Kier alpha value is -2.60. The van der Waals surface area contributed by atoms with E-state index in [1.807, 2.05) is 37.4 Å². The van der Waals surface area contributed by atoms with E-state index < -0.39 is 6.04 Å². The molecule has 0 saturated heterocycles. The highest BCUT2D eigenvalue weighted by atomic mass is 16.5. The zero-order valence-electron chi connectivity index (χ0n) is 12.3. The number of rotatable bonds is 5. The van der Waals surface area contributed by atoms with Gasteiger partial charge in [-0.2, -0.15) is 0 Å². The maximum Gasteiger partial charge on any atom is 0.237 e. The molecule has 0 radical (unpaired) electrons. The van der Waals surface area contributed by atoms with Crippen LogP contribution in [0, 0.1) is 6.92 Å². The first-order valence-electron chi connectivity index (χ1n) is 7.14. The molecule has 0 spiro atoms. The average Bonchev–Trinajstić information content (AvgIpc) is 3.12. The molecular weight excluding hydrogens is 280 g/mol. The largest absolute Gasteiger partial charge is 0.361 e. The van der Waals surface area contributed by atoms with E-state index in [1.54, 1.807) is 6.07 Å². The van der Waals surface area contributed by atoms with E-state index in [0.717, 1.165) is 22.2 Å². The fraction of sp³-hybridized carbons (Fsp3) is 0.250. The lowest BCUT2D eigenvalue weighted by Crippen LogP contribution is -2.41. The van der Waals surface area contributed by atoms with Crippen LogP contribution in [0.4, 0.5) is 0 Å². The van der Waals surface area contributed by atoms with Crippen molar-refractivity contribution in [2.75, 3.05) is 0 Å². The van der Waals surface area contributed by atoms with E-state index in [-0.39, 0.29) is 5.91 Å². The normalized spacial score (nSPS) is 12.5. The van der Waals surface area contributed by atoms with Crippen LogP contribution in [0.25, 0.3) is 10.9 Å². The molecule has 0 fully saturated rings. The molecule has 6 nitrogen and oxygen atoms in total. The summed E-state index contributed by atoms with van der Waals surface area (Å²) in [5, 5.41) is 7.63. The van der Waals surface area contributed by atoms with E-state index >= 15 is 0 Å². The van der Waals surface area contributed by atoms with Crippen LogP contribution in [0.3, 0.4) is 0 Å². The lowest BCUT2D eigenvalue weighted by molar-refractivity contribution is -0.122. The SMILES string of the molecule is Cc1cc(CNC(=O)[C@@H](N)Cc2c[nH]c3ccccc23)on1. The molecule has 22 heavy (non-hydrogen) atoms. The van der Waals surface area contributed by atoms with Crippen LogP contribution in [0.1, 0.15) is 17.0 Å². The van der Waals surface area contributed by atoms with Crippen molar-refractivity contribution >= 4 is 16.8 Å². The lowest BCUT2D eigenvalue weighted by atomic mass is 10.1. The van der Waals surface area contributed by atoms with E-state index in [2.05, 4.69) is 15.5 Å². The van der Waals surface area contributed by atoms with Crippen molar-refractivity contribution < 1.29 is 9.32 Å². The molecule has 0 saturated carbocycles. The summed E-state index contributed by atoms with van der Waals surface area (Å²) in [7, 11) is 0. The van der Waals surface area contributed by atoms with Gasteiger partial charge in [-0.25, -0.2) is 0 Å². The smallest absolute Gasteiger partial charge is 0.237 e. The minimum atomic E-state index is -0.608. The fourth-order valence-corrected chi connectivity index (χ4v) is 2.44. The van der Waals surface area contributed by atoms with Crippen LogP contribution in [-0.4, -0.2) is 22.1 Å². The minimum Gasteiger partial charge on any atom is -0.361 e. The molecule has 3 aromatic rings. The number of hydrogen-bond donors (Lipinski definition) is 3. The van der Waals surface area contributed by atoms with Crippen molar-refractivity contribution in [3.8, 4) is 0 Å². The fourth-order valence-electron chi connectivity index (χ4n) is 2.44. The zero-order chi connectivity index (χ0) is 15.5. The summed E-state index contributed by atoms with van der Waals surface area (Å²) in [5.74, 6) is 0.407. The molecular formula is C16H18N4O2. The lowest BCUT2D eigenvalue weighted by Gasteiger charge is -2.10. The first-order valence-corrected chi connectivity index (χ1v) is 7.14. The molecule has 0 aliphatic heterocycles. The Morgan fingerprint density at radius 2 is 2.27 bits per heavy atom. The van der Waals surface area contributed by atoms with E-state index in [1.165, 1.54) is 0 Å². The highest BCUT2D eigenvalue weighted by molar-refractivity contribution is 5.86. The van der Waals surface area contributed by atoms with Gasteiger partial charge in [0.25, 0.3) is 0 Å². The van der Waals surface area contributed by atoms with Crippen molar-refractivity contribution in [2.24, 2.45) is 5.73 Å². The molecule has 0 unspecified atom stereocenters. The molecule has 3 rings (SSSR count). The average molecular weight is 298 g/mol. The Bertz CT molecular complexity index is 790. The van der Waals surface area contributed by atoms with Crippen molar-refractivity contribution in [2.45, 2.75) is 25.9 Å². The molecule has 1 atom stereocenters. The third-order valence-corrected chi connectivity index (χ3v) is 3.57. The van der Waals surface area contributed by atoms with Crippen molar-refractivity contribution in [1.29, 1.82) is 0 Å². The van der Waals surface area contributed by atoms with Gasteiger partial charge in [0, 0.05) is 23.2 Å². The number of fused-ring (bicyclic) bond motifs is 1. The summed E-state index contributed by atoms with van der Waals surface area (Å²) in [4.78, 5) is 15.3. The highest BCUT2D eigenvalue weighted by Crippen LogP contribution is 2.18. The molecule has 0 aliphatic carbocycles. The van der Waals surface area contributed by atoms with E-state index in [9.17, 15) is 4.79 Å². The van der Waals surface area contributed by atoms with E-state index in [4.69, 9.17) is 10.3 Å². The number of nitrogens with two attached hydrogens (primary N) is 1. The second kappa shape index (κ2) is 6.03. The van der Waals surface area contributed by atoms with Crippen LogP contribution in [-0.2, 0) is 17.8 Å². The summed E-state index contributed by atoms with van der Waals surface area (Å²) >= 11 is 0. The monoisotopic (exact) mass is 298 g/mol. The van der Waals surface area contributed by atoms with Gasteiger partial charge in [0.15, 0.2) is 5.76 Å². The molecule has 0 bridgehead atoms. The van der Waals surface area contributed by atoms with Crippen LogP contribution < -0.4 is 11.1 Å². The van der Waals surface area contributed by atoms with Crippen molar-refractivity contribution in [3.05, 3.63) is 53.5 Å². The molecule has 0 aliphatic rings. The Morgan fingerprint density at radius 1 is 1.45 bits per heavy atom. The van der Waals surface area contributed by atoms with Gasteiger partial charge in [0.2, 0.25) is 5.91 Å². The minimum absolute atomic E-state index is 0.209. The second-order valence-electron chi connectivity index (χ2n) is 5.32. The molecule has 2 aromatic heterocycles. The predicted molar refractivity (Wildman–Crippen MR) is 83.1 cm³/mol. The Labute approximate surface area is 127 Å². The number of carbonyl (C=O) groups excluding carboxylic acids is 1. The Morgan fingerprint density at radius 3 is 3.05 bits per heavy atom. The third kappa shape index (κ3) is 3.01. The number of amides is 1. The third-order valence-electron chi connectivity index (χ3n) is 3.57. The van der Waals surface area contributed by atoms with Gasteiger partial charge in [0.1, 0.15) is 0 Å². The van der Waals surface area contributed by atoms with Crippen molar-refractivity contribution in [1.82, 2.24) is 15.5 Å². The number of carbonyl (C=O) groups is 1. The molecule has 114 valence electrons. The van der Waals surface area contributed by atoms with E-state index in [0.29, 0.717) is 18.7 Å². The number of nitrogens with one attached hydrogen (secondary N) is 2. The van der Waals surface area contributed by atoms with Gasteiger partial charge in [0.05, 0.1) is 18.3 Å². The van der Waals surface area contributed by atoms with Gasteiger partial charge in [-0.1, -0.05) is 23.4 Å². The van der Waals surface area contributed by atoms with Gasteiger partial charge in [-0.3, -0.25) is 4.79 Å². The number of aromatic nitrogens is 2. The number of aromatic amines is 1. The summed E-state index contributed by atoms with van der Waals surface area (Å²) in [6.07, 6.45) is 2.38. The highest BCUT2D eigenvalue weighted by Gasteiger charge is 2.16. The van der Waals surface area contributed by atoms with Gasteiger partial charge in [-0.05, 0) is 25.0 Å². The van der Waals surface area contributed by atoms with Crippen LogP contribution >= 0.6 is 0 Å². The summed E-state index contributed by atoms with van der Waals surface area (Å²) < 4.78 is 5.05. The number of para-hydroxylation sites is 1. The molecule has 4 N–H and O–H groups in total. The maximum absolute atomic E-state index is 12.1. The van der Waals surface area contributed by atoms with Gasteiger partial charge >= 0.3 is 0 Å². The standard InChI is InChI=1S/C16H18N4O2/c1-10-6-12(22-20-10)9-19-16(21)14(17)7-11-8-18-15-5-3-2-4-13(11)15/h2-6,8,14,18H,7,9,17H2,1H3,(H,19,21)/t14-/m0/s1. The van der Waals surface area contributed by atoms with Crippen LogP contribution in [0.2, 0.25) is 0 Å². The maximum atomic E-state index is 12.1. The number of H-pyrrole nitrogens is 1. The zero-order valence-corrected chi connectivity index (χ0v) is 12.3. The molecule has 6 heteroatoms. The first kappa shape index (κ1) is 14.3. The Balaban J connectivity index is 1.61. The molecule has 1 amide bonds. The Kier molecular flexibility index (Phi) is 3.93.